The average Bonchev–Trinajstić information content (AvgIpc) is 2.78. The molecule has 0 aromatic carbocycles. The number of unbranched alkanes of at least 4 members (excludes halogenated alkanes) is 9. The van der Waals surface area contributed by atoms with Crippen molar-refractivity contribution in [3.05, 3.63) is 0 Å². The second kappa shape index (κ2) is 32.4. The van der Waals surface area contributed by atoms with E-state index in [4.69, 9.17) is 0 Å². The van der Waals surface area contributed by atoms with Gasteiger partial charge in [0.1, 0.15) is 0 Å². The first-order valence-electron chi connectivity index (χ1n) is 13.1. The van der Waals surface area contributed by atoms with Crippen LogP contribution >= 0.6 is 25.3 Å². The van der Waals surface area contributed by atoms with Gasteiger partial charge in [-0.3, -0.25) is 0 Å². The van der Waals surface area contributed by atoms with Crippen LogP contribution < -0.4 is 10.2 Å². The molecule has 4 nitrogen and oxygen atoms in total. The van der Waals surface area contributed by atoms with Gasteiger partial charge >= 0.3 is 46.7 Å². The number of hydrogen-bond acceptors (Lipinski definition) is 6. The summed E-state index contributed by atoms with van der Waals surface area (Å²) in [6, 6.07) is 0. The van der Waals surface area contributed by atoms with Gasteiger partial charge in [0.2, 0.25) is 0 Å². The third kappa shape index (κ3) is 32.4. The van der Waals surface area contributed by atoms with Crippen molar-refractivity contribution in [1.29, 1.82) is 0 Å². The van der Waals surface area contributed by atoms with Gasteiger partial charge in [0.15, 0.2) is 0 Å². The SMILES string of the molecule is CCCCCCCC(CCS)C(=O)[O-].CCCCCCCC(CCS)C(=O)[O-].CCC[CH2][Sn+2]. The van der Waals surface area contributed by atoms with Crippen LogP contribution in [0.1, 0.15) is 124 Å². The molecule has 7 heteroatoms. The molecule has 0 aliphatic carbocycles. The zero-order chi connectivity index (χ0) is 25.7. The van der Waals surface area contributed by atoms with Gasteiger partial charge in [-0.25, -0.2) is 0 Å². The number of rotatable bonds is 20. The van der Waals surface area contributed by atoms with Crippen LogP contribution in [0.15, 0.2) is 0 Å². The normalized spacial score (nSPS) is 12.0. The molecule has 2 atom stereocenters. The third-order valence-corrected chi connectivity index (χ3v) is 6.99. The van der Waals surface area contributed by atoms with Gasteiger partial charge in [0.05, 0.1) is 0 Å². The van der Waals surface area contributed by atoms with Crippen LogP contribution in [0.2, 0.25) is 4.44 Å². The molecule has 0 aliphatic rings. The number of carbonyl (C=O) groups is 2. The van der Waals surface area contributed by atoms with Crippen molar-refractivity contribution in [1.82, 2.24) is 0 Å². The fourth-order valence-corrected chi connectivity index (χ4v) is 4.87. The number of thiol groups is 2. The van der Waals surface area contributed by atoms with E-state index >= 15 is 0 Å². The van der Waals surface area contributed by atoms with Gasteiger partial charge in [-0.2, -0.15) is 25.3 Å². The van der Waals surface area contributed by atoms with E-state index in [9.17, 15) is 19.8 Å². The predicted molar refractivity (Wildman–Crippen MR) is 146 cm³/mol. The molecule has 0 bridgehead atoms. The summed E-state index contributed by atoms with van der Waals surface area (Å²) >= 11 is 9.77. The van der Waals surface area contributed by atoms with Crippen LogP contribution in [0.3, 0.4) is 0 Å². The second-order valence-electron chi connectivity index (χ2n) is 8.57. The summed E-state index contributed by atoms with van der Waals surface area (Å²) in [5.74, 6) is -1.12. The van der Waals surface area contributed by atoms with Crippen LogP contribution in [0, 0.1) is 11.8 Å². The fourth-order valence-electron chi connectivity index (χ4n) is 3.24. The summed E-state index contributed by atoms with van der Waals surface area (Å²) in [7, 11) is 0. The Kier molecular flexibility index (Phi) is 37.3. The molecule has 0 amide bonds. The molecule has 0 rings (SSSR count). The molecular formula is C26H51O4S2Sn. The molecule has 0 fully saturated rings. The molecule has 0 aromatic heterocycles. The zero-order valence-electron chi connectivity index (χ0n) is 21.6. The molecular weight excluding hydrogens is 559 g/mol. The van der Waals surface area contributed by atoms with Gasteiger partial charge in [0.25, 0.3) is 0 Å². The average molecular weight is 611 g/mol. The standard InChI is InChI=1S/2C11H22O2S.C4H9.Sn/c2*1-2-3-4-5-6-7-10(8-9-14)11(12)13;1-3-4-2;/h2*10,14H,2-9H2,1H3,(H,12,13);1,3-4H2,2H3;/q;;;+2/p-2. The van der Waals surface area contributed by atoms with Crippen molar-refractivity contribution in [3.63, 3.8) is 0 Å². The number of carboxylic acids is 2. The monoisotopic (exact) mass is 611 g/mol. The summed E-state index contributed by atoms with van der Waals surface area (Å²) in [4.78, 5) is 21.3. The molecule has 33 heavy (non-hydrogen) atoms. The Morgan fingerprint density at radius 1 is 0.606 bits per heavy atom. The summed E-state index contributed by atoms with van der Waals surface area (Å²) in [6.45, 7) is 6.57. The molecule has 0 spiro atoms. The van der Waals surface area contributed by atoms with Crippen LogP contribution in [-0.2, 0) is 9.59 Å². The summed E-state index contributed by atoms with van der Waals surface area (Å²) in [5.41, 5.74) is 0. The summed E-state index contributed by atoms with van der Waals surface area (Å²) in [6.07, 6.45) is 17.3. The molecule has 0 saturated heterocycles. The Morgan fingerprint density at radius 3 is 1.15 bits per heavy atom. The molecule has 0 heterocycles. The van der Waals surface area contributed by atoms with E-state index in [1.165, 1.54) is 55.8 Å². The van der Waals surface area contributed by atoms with Crippen molar-refractivity contribution in [2.45, 2.75) is 128 Å². The van der Waals surface area contributed by atoms with Crippen LogP contribution in [0.25, 0.3) is 0 Å². The first-order chi connectivity index (χ1) is 15.9. The van der Waals surface area contributed by atoms with Crippen molar-refractivity contribution >= 4 is 59.7 Å². The molecule has 0 saturated carbocycles. The van der Waals surface area contributed by atoms with Crippen LogP contribution in [0.5, 0.6) is 0 Å². The fraction of sp³-hybridized carbons (Fsp3) is 0.923. The van der Waals surface area contributed by atoms with E-state index < -0.39 is 11.9 Å². The van der Waals surface area contributed by atoms with E-state index in [-0.39, 0.29) is 11.8 Å². The van der Waals surface area contributed by atoms with Crippen molar-refractivity contribution in [2.75, 3.05) is 11.5 Å². The Morgan fingerprint density at radius 2 is 0.939 bits per heavy atom. The Bertz CT molecular complexity index is 376. The van der Waals surface area contributed by atoms with Gasteiger partial charge in [-0.15, -0.1) is 0 Å². The maximum absolute atomic E-state index is 10.7. The minimum atomic E-state index is -0.908. The minimum absolute atomic E-state index is 0.283. The zero-order valence-corrected chi connectivity index (χ0v) is 26.3. The first-order valence-corrected chi connectivity index (χ1v) is 16.4. The molecule has 1 radical (unpaired) electrons. The van der Waals surface area contributed by atoms with Crippen molar-refractivity contribution in [3.8, 4) is 0 Å². The third-order valence-electron chi connectivity index (χ3n) is 5.46. The number of hydrogen-bond donors (Lipinski definition) is 2. The van der Waals surface area contributed by atoms with Crippen LogP contribution in [0.4, 0.5) is 0 Å². The predicted octanol–water partition coefficient (Wildman–Crippen LogP) is 5.44. The van der Waals surface area contributed by atoms with Gasteiger partial charge < -0.3 is 19.8 Å². The topological polar surface area (TPSA) is 80.3 Å². The molecule has 0 N–H and O–H groups in total. The summed E-state index contributed by atoms with van der Waals surface area (Å²) < 4.78 is 1.43. The molecule has 0 aliphatic heterocycles. The number of carbonyl (C=O) groups excluding carboxylic acids is 2. The number of carboxylic acid groups (broad SMARTS) is 2. The van der Waals surface area contributed by atoms with E-state index in [2.05, 4.69) is 46.0 Å². The van der Waals surface area contributed by atoms with Gasteiger partial charge in [-0.05, 0) is 49.0 Å². The Labute approximate surface area is 229 Å². The van der Waals surface area contributed by atoms with Crippen molar-refractivity contribution in [2.24, 2.45) is 11.8 Å². The number of aliphatic carboxylic acids is 2. The van der Waals surface area contributed by atoms with E-state index in [0.717, 1.165) is 38.5 Å². The first kappa shape index (κ1) is 38.0. The molecule has 195 valence electrons. The Balaban J connectivity index is -0.000000453. The van der Waals surface area contributed by atoms with Gasteiger partial charge in [-0.1, -0.05) is 78.1 Å². The van der Waals surface area contributed by atoms with Gasteiger partial charge in [0, 0.05) is 11.9 Å². The molecule has 0 aromatic rings. The van der Waals surface area contributed by atoms with E-state index in [1.807, 2.05) is 0 Å². The molecule has 2 unspecified atom stereocenters. The van der Waals surface area contributed by atoms with E-state index in [0.29, 0.717) is 24.3 Å². The quantitative estimate of drug-likeness (QED) is 0.109. The van der Waals surface area contributed by atoms with Crippen LogP contribution in [-0.4, -0.2) is 46.0 Å². The van der Waals surface area contributed by atoms with E-state index in [1.54, 1.807) is 22.5 Å². The maximum atomic E-state index is 10.7. The second-order valence-corrected chi connectivity index (χ2v) is 10.9. The Hall–Kier alpha value is 0.439. The van der Waals surface area contributed by atoms with Crippen molar-refractivity contribution < 1.29 is 19.8 Å². The summed E-state index contributed by atoms with van der Waals surface area (Å²) in [5, 5.41) is 21.3.